The minimum Gasteiger partial charge on any atom is -0.342 e. The van der Waals surface area contributed by atoms with Gasteiger partial charge in [0, 0.05) is 45.8 Å². The molecular weight excluding hydrogens is 356 g/mol. The van der Waals surface area contributed by atoms with Crippen LogP contribution in [0.15, 0.2) is 0 Å². The first kappa shape index (κ1) is 19.6. The summed E-state index contributed by atoms with van der Waals surface area (Å²) in [6.45, 7) is 5.01. The van der Waals surface area contributed by atoms with Crippen molar-refractivity contribution in [3.05, 3.63) is 0 Å². The topological polar surface area (TPSA) is 81.2 Å². The minimum atomic E-state index is -3.35. The second kappa shape index (κ2) is 8.22. The summed E-state index contributed by atoms with van der Waals surface area (Å²) < 4.78 is 25.1. The summed E-state index contributed by atoms with van der Waals surface area (Å²) in [6.07, 6.45) is 5.88. The molecule has 0 N–H and O–H groups in total. The Balaban J connectivity index is 1.48. The third kappa shape index (κ3) is 4.55. The maximum Gasteiger partial charge on any atom is 0.241 e. The number of sulfonamides is 1. The monoisotopic (exact) mass is 386 g/mol. The van der Waals surface area contributed by atoms with E-state index in [9.17, 15) is 18.0 Å². The number of hydrogen-bond donors (Lipinski definition) is 0. The number of carbonyl (C=O) groups excluding carboxylic acids is 2. The maximum absolute atomic E-state index is 12.8. The normalized spacial score (nSPS) is 26.3. The summed E-state index contributed by atoms with van der Waals surface area (Å²) in [7, 11) is -3.35. The van der Waals surface area contributed by atoms with E-state index in [2.05, 4.69) is 4.90 Å². The van der Waals surface area contributed by atoms with E-state index >= 15 is 0 Å². The fourth-order valence-corrected chi connectivity index (χ4v) is 5.27. The molecule has 3 aliphatic heterocycles. The van der Waals surface area contributed by atoms with E-state index in [1.54, 1.807) is 4.90 Å². The zero-order valence-electron chi connectivity index (χ0n) is 15.6. The average molecular weight is 387 g/mol. The van der Waals surface area contributed by atoms with Gasteiger partial charge in [0.25, 0.3) is 0 Å². The molecule has 148 valence electrons. The van der Waals surface area contributed by atoms with E-state index in [1.807, 2.05) is 4.90 Å². The Morgan fingerprint density at radius 3 is 2.12 bits per heavy atom. The number of likely N-dealkylation sites (tertiary alicyclic amines) is 1. The highest BCUT2D eigenvalue weighted by Crippen LogP contribution is 2.22. The van der Waals surface area contributed by atoms with Crippen LogP contribution >= 0.6 is 0 Å². The van der Waals surface area contributed by atoms with Crippen LogP contribution in [0.25, 0.3) is 0 Å². The Hall–Kier alpha value is -1.19. The molecule has 1 unspecified atom stereocenters. The van der Waals surface area contributed by atoms with Crippen LogP contribution in [0.3, 0.4) is 0 Å². The van der Waals surface area contributed by atoms with E-state index in [0.29, 0.717) is 45.7 Å². The van der Waals surface area contributed by atoms with Crippen molar-refractivity contribution in [1.29, 1.82) is 0 Å². The third-order valence-corrected chi connectivity index (χ3v) is 6.96. The lowest BCUT2D eigenvalue weighted by atomic mass is 10.1. The lowest BCUT2D eigenvalue weighted by molar-refractivity contribution is -0.137. The van der Waals surface area contributed by atoms with Gasteiger partial charge < -0.3 is 9.80 Å². The molecule has 0 aromatic heterocycles. The first-order chi connectivity index (χ1) is 12.4. The predicted molar refractivity (Wildman–Crippen MR) is 98.0 cm³/mol. The van der Waals surface area contributed by atoms with Crippen LogP contribution in [0, 0.1) is 0 Å². The molecule has 0 radical (unpaired) electrons. The van der Waals surface area contributed by atoms with Gasteiger partial charge in [-0.3, -0.25) is 14.5 Å². The molecule has 9 heteroatoms. The molecule has 2 amide bonds. The van der Waals surface area contributed by atoms with Crippen LogP contribution in [0.5, 0.6) is 0 Å². The Morgan fingerprint density at radius 2 is 1.50 bits per heavy atom. The molecule has 3 heterocycles. The van der Waals surface area contributed by atoms with Crippen molar-refractivity contribution in [1.82, 2.24) is 19.0 Å². The number of piperidine rings is 1. The van der Waals surface area contributed by atoms with Crippen molar-refractivity contribution < 1.29 is 18.0 Å². The second-order valence-corrected chi connectivity index (χ2v) is 9.51. The molecule has 3 rings (SSSR count). The van der Waals surface area contributed by atoms with Crippen molar-refractivity contribution in [2.45, 2.75) is 38.1 Å². The number of amides is 2. The average Bonchev–Trinajstić information content (AvgIpc) is 3.13. The quantitative estimate of drug-likeness (QED) is 0.655. The fraction of sp³-hybridized carbons (Fsp3) is 0.882. The highest BCUT2D eigenvalue weighted by molar-refractivity contribution is 7.88. The van der Waals surface area contributed by atoms with Gasteiger partial charge >= 0.3 is 0 Å². The summed E-state index contributed by atoms with van der Waals surface area (Å²) in [5.41, 5.74) is 0. The number of piperazine rings is 1. The van der Waals surface area contributed by atoms with Gasteiger partial charge in [-0.15, -0.1) is 0 Å². The van der Waals surface area contributed by atoms with Crippen LogP contribution < -0.4 is 0 Å². The summed E-state index contributed by atoms with van der Waals surface area (Å²) >= 11 is 0. The van der Waals surface area contributed by atoms with E-state index in [0.717, 1.165) is 32.4 Å². The molecule has 3 aliphatic rings. The van der Waals surface area contributed by atoms with E-state index in [-0.39, 0.29) is 11.8 Å². The SMILES string of the molecule is CS(=O)(=O)N1CCCC1C(=O)N1CCN(CC(=O)N2CCCCC2)CC1. The van der Waals surface area contributed by atoms with E-state index in [4.69, 9.17) is 0 Å². The molecule has 0 aromatic rings. The molecule has 0 aliphatic carbocycles. The summed E-state index contributed by atoms with van der Waals surface area (Å²) in [5, 5.41) is 0. The zero-order chi connectivity index (χ0) is 18.7. The Kier molecular flexibility index (Phi) is 6.19. The number of carbonyl (C=O) groups is 2. The molecule has 0 spiro atoms. The van der Waals surface area contributed by atoms with Gasteiger partial charge in [-0.1, -0.05) is 0 Å². The number of rotatable bonds is 4. The number of hydrogen-bond acceptors (Lipinski definition) is 5. The summed E-state index contributed by atoms with van der Waals surface area (Å²) in [5.74, 6) is 0.0958. The standard InChI is InChI=1S/C17H30N4O4S/c1-26(24,25)21-9-5-6-15(21)17(23)20-12-10-18(11-13-20)14-16(22)19-7-3-2-4-8-19/h15H,2-14H2,1H3. The van der Waals surface area contributed by atoms with Crippen LogP contribution in [-0.2, 0) is 19.6 Å². The van der Waals surface area contributed by atoms with Crippen molar-refractivity contribution in [2.75, 3.05) is 58.6 Å². The molecule has 8 nitrogen and oxygen atoms in total. The van der Waals surface area contributed by atoms with Crippen molar-refractivity contribution >= 4 is 21.8 Å². The molecule has 1 atom stereocenters. The van der Waals surface area contributed by atoms with Crippen molar-refractivity contribution in [3.8, 4) is 0 Å². The largest absolute Gasteiger partial charge is 0.342 e. The smallest absolute Gasteiger partial charge is 0.241 e. The van der Waals surface area contributed by atoms with Crippen LogP contribution in [-0.4, -0.2) is 104 Å². The molecule has 3 saturated heterocycles. The highest BCUT2D eigenvalue weighted by Gasteiger charge is 2.39. The van der Waals surface area contributed by atoms with Gasteiger partial charge in [-0.05, 0) is 32.1 Å². The summed E-state index contributed by atoms with van der Waals surface area (Å²) in [4.78, 5) is 30.9. The van der Waals surface area contributed by atoms with Gasteiger partial charge in [0.2, 0.25) is 21.8 Å². The molecule has 0 aromatic carbocycles. The molecule has 0 saturated carbocycles. The lowest BCUT2D eigenvalue weighted by Gasteiger charge is -2.37. The van der Waals surface area contributed by atoms with Crippen molar-refractivity contribution in [2.24, 2.45) is 0 Å². The van der Waals surface area contributed by atoms with Gasteiger partial charge in [0.1, 0.15) is 6.04 Å². The lowest BCUT2D eigenvalue weighted by Crippen LogP contribution is -2.55. The van der Waals surface area contributed by atoms with Crippen molar-refractivity contribution in [3.63, 3.8) is 0 Å². The summed E-state index contributed by atoms with van der Waals surface area (Å²) in [6, 6.07) is -0.550. The Labute approximate surface area is 156 Å². The highest BCUT2D eigenvalue weighted by atomic mass is 32.2. The first-order valence-electron chi connectivity index (χ1n) is 9.62. The maximum atomic E-state index is 12.8. The van der Waals surface area contributed by atoms with Crippen LogP contribution in [0.2, 0.25) is 0 Å². The van der Waals surface area contributed by atoms with Crippen LogP contribution in [0.4, 0.5) is 0 Å². The molecule has 0 bridgehead atoms. The predicted octanol–water partition coefficient (Wildman–Crippen LogP) is -0.433. The Morgan fingerprint density at radius 1 is 0.846 bits per heavy atom. The fourth-order valence-electron chi connectivity index (χ4n) is 4.16. The van der Waals surface area contributed by atoms with Gasteiger partial charge in [-0.25, -0.2) is 8.42 Å². The van der Waals surface area contributed by atoms with Crippen LogP contribution in [0.1, 0.15) is 32.1 Å². The second-order valence-electron chi connectivity index (χ2n) is 7.57. The van der Waals surface area contributed by atoms with Gasteiger partial charge in [-0.2, -0.15) is 4.31 Å². The van der Waals surface area contributed by atoms with Gasteiger partial charge in [0.05, 0.1) is 12.8 Å². The Bertz CT molecular complexity index is 625. The van der Waals surface area contributed by atoms with E-state index < -0.39 is 16.1 Å². The molecule has 26 heavy (non-hydrogen) atoms. The zero-order valence-corrected chi connectivity index (χ0v) is 16.4. The van der Waals surface area contributed by atoms with Gasteiger partial charge in [0.15, 0.2) is 0 Å². The number of nitrogens with zero attached hydrogens (tertiary/aromatic N) is 4. The minimum absolute atomic E-state index is 0.0880. The molecule has 3 fully saturated rings. The van der Waals surface area contributed by atoms with E-state index in [1.165, 1.54) is 17.0 Å². The molecular formula is C17H30N4O4S. The first-order valence-corrected chi connectivity index (χ1v) is 11.5. The third-order valence-electron chi connectivity index (χ3n) is 5.67.